The fraction of sp³-hybridized carbons (Fsp3) is 0.0769. The summed E-state index contributed by atoms with van der Waals surface area (Å²) >= 11 is 12.0. The molecule has 90 valence electrons. The van der Waals surface area contributed by atoms with Gasteiger partial charge in [-0.15, -0.1) is 4.98 Å². The lowest BCUT2D eigenvalue weighted by molar-refractivity contribution is -0.457. The molecular weight excluding hydrogens is 269 g/mol. The van der Waals surface area contributed by atoms with Crippen molar-refractivity contribution in [3.05, 3.63) is 57.7 Å². The van der Waals surface area contributed by atoms with Gasteiger partial charge < -0.3 is 5.73 Å². The maximum Gasteiger partial charge on any atom is 0.281 e. The van der Waals surface area contributed by atoms with Gasteiger partial charge in [0, 0.05) is 5.56 Å². The Bertz CT molecular complexity index is 665. The van der Waals surface area contributed by atoms with Crippen molar-refractivity contribution in [2.24, 2.45) is 5.73 Å². The van der Waals surface area contributed by atoms with Crippen LogP contribution in [0.15, 0.2) is 36.5 Å². The number of halogens is 2. The zero-order valence-electron chi connectivity index (χ0n) is 9.40. The largest absolute Gasteiger partial charge is 0.318 e. The van der Waals surface area contributed by atoms with Gasteiger partial charge in [-0.3, -0.25) is 0 Å². The molecule has 1 aromatic heterocycles. The second kappa shape index (κ2) is 4.26. The molecule has 1 aliphatic heterocycles. The quantitative estimate of drug-likeness (QED) is 0.815. The van der Waals surface area contributed by atoms with Crippen molar-refractivity contribution in [3.8, 4) is 0 Å². The van der Waals surface area contributed by atoms with E-state index in [0.717, 1.165) is 5.56 Å². The Kier molecular flexibility index (Phi) is 2.73. The van der Waals surface area contributed by atoms with Gasteiger partial charge in [0.15, 0.2) is 0 Å². The molecule has 0 bridgehead atoms. The first-order valence-corrected chi connectivity index (χ1v) is 6.21. The molecular formula is C13H10Cl2N3+. The summed E-state index contributed by atoms with van der Waals surface area (Å²) in [6.07, 6.45) is 1.57. The van der Waals surface area contributed by atoms with E-state index in [1.807, 2.05) is 28.8 Å². The van der Waals surface area contributed by atoms with Crippen molar-refractivity contribution in [3.63, 3.8) is 0 Å². The standard InChI is InChI=1S/C13H9Cl2N3/c14-9-5-11(15)13(17-6-9)18-7-8-3-1-2-4-10(8)12(18)16/h1-6,16H,7H2/p+1. The number of aromatic nitrogens is 1. The minimum Gasteiger partial charge on any atom is -0.318 e. The smallest absolute Gasteiger partial charge is 0.281 e. The molecule has 0 amide bonds. The van der Waals surface area contributed by atoms with Crippen molar-refractivity contribution in [1.82, 2.24) is 4.98 Å². The lowest BCUT2D eigenvalue weighted by Gasteiger charge is -2.02. The highest BCUT2D eigenvalue weighted by atomic mass is 35.5. The van der Waals surface area contributed by atoms with Gasteiger partial charge in [0.2, 0.25) is 5.84 Å². The van der Waals surface area contributed by atoms with Gasteiger partial charge in [0.1, 0.15) is 11.2 Å². The highest BCUT2D eigenvalue weighted by molar-refractivity contribution is 6.35. The Morgan fingerprint density at radius 1 is 1.22 bits per heavy atom. The summed E-state index contributed by atoms with van der Waals surface area (Å²) in [5.41, 5.74) is 8.34. The van der Waals surface area contributed by atoms with Crippen LogP contribution in [0.25, 0.3) is 0 Å². The van der Waals surface area contributed by atoms with E-state index < -0.39 is 0 Å². The van der Waals surface area contributed by atoms with Crippen LogP contribution in [0.1, 0.15) is 11.1 Å². The van der Waals surface area contributed by atoms with Gasteiger partial charge >= 0.3 is 0 Å². The van der Waals surface area contributed by atoms with Crippen LogP contribution in [0.2, 0.25) is 10.0 Å². The van der Waals surface area contributed by atoms with Crippen LogP contribution in [0.5, 0.6) is 0 Å². The summed E-state index contributed by atoms with van der Waals surface area (Å²) in [6, 6.07) is 9.67. The highest BCUT2D eigenvalue weighted by Gasteiger charge is 2.26. The van der Waals surface area contributed by atoms with Gasteiger partial charge in [-0.1, -0.05) is 41.4 Å². The van der Waals surface area contributed by atoms with Crippen molar-refractivity contribution in [1.29, 1.82) is 0 Å². The molecule has 3 nitrogen and oxygen atoms in total. The number of nitrogens with two attached hydrogens (primary N) is 1. The molecule has 0 fully saturated rings. The number of hydrogen-bond donors (Lipinski definition) is 1. The monoisotopic (exact) mass is 278 g/mol. The van der Waals surface area contributed by atoms with Gasteiger partial charge in [-0.25, -0.2) is 4.58 Å². The van der Waals surface area contributed by atoms with Crippen LogP contribution in [0, 0.1) is 0 Å². The fourth-order valence-corrected chi connectivity index (χ4v) is 2.59. The topological polar surface area (TPSA) is 41.9 Å². The van der Waals surface area contributed by atoms with Crippen molar-refractivity contribution >= 4 is 34.9 Å². The molecule has 2 heterocycles. The first kappa shape index (κ1) is 11.5. The second-order valence-electron chi connectivity index (χ2n) is 4.09. The summed E-state index contributed by atoms with van der Waals surface area (Å²) in [6.45, 7) is 0.677. The average molecular weight is 279 g/mol. The van der Waals surface area contributed by atoms with Crippen LogP contribution in [-0.4, -0.2) is 15.4 Å². The molecule has 0 aliphatic carbocycles. The number of nitrogens with zero attached hydrogens (tertiary/aromatic N) is 2. The number of fused-ring (bicyclic) bond motifs is 1. The zero-order valence-corrected chi connectivity index (χ0v) is 10.9. The molecule has 0 unspecified atom stereocenters. The molecule has 5 heteroatoms. The maximum absolute atomic E-state index is 6.16. The van der Waals surface area contributed by atoms with Crippen molar-refractivity contribution in [2.75, 3.05) is 0 Å². The molecule has 0 saturated carbocycles. The Morgan fingerprint density at radius 3 is 2.72 bits per heavy atom. The van der Waals surface area contributed by atoms with Crippen molar-refractivity contribution in [2.45, 2.75) is 6.54 Å². The van der Waals surface area contributed by atoms with E-state index in [9.17, 15) is 0 Å². The average Bonchev–Trinajstić information content (AvgIpc) is 2.68. The fourth-order valence-electron chi connectivity index (χ4n) is 2.10. The Hall–Kier alpha value is -1.58. The Balaban J connectivity index is 2.13. The normalized spacial score (nSPS) is 13.9. The zero-order chi connectivity index (χ0) is 12.7. The third-order valence-corrected chi connectivity index (χ3v) is 3.44. The molecule has 0 radical (unpaired) electrons. The van der Waals surface area contributed by atoms with Gasteiger partial charge in [-0.2, -0.15) is 0 Å². The summed E-state index contributed by atoms with van der Waals surface area (Å²) in [5.74, 6) is 1.30. The van der Waals surface area contributed by atoms with Gasteiger partial charge in [-0.05, 0) is 12.1 Å². The maximum atomic E-state index is 6.16. The number of hydrogen-bond acceptors (Lipinski definition) is 2. The molecule has 0 spiro atoms. The number of pyridine rings is 1. The SMILES string of the molecule is NC1=[N+](c2ncc(Cl)cc2Cl)Cc2ccccc21. The number of amidine groups is 1. The van der Waals surface area contributed by atoms with Crippen LogP contribution in [0.3, 0.4) is 0 Å². The third-order valence-electron chi connectivity index (χ3n) is 2.96. The van der Waals surface area contributed by atoms with E-state index in [2.05, 4.69) is 4.98 Å². The Labute approximate surface area is 114 Å². The molecule has 0 saturated heterocycles. The molecule has 3 rings (SSSR count). The first-order chi connectivity index (χ1) is 8.66. The summed E-state index contributed by atoms with van der Waals surface area (Å²) in [5, 5.41) is 1.01. The minimum atomic E-state index is 0.498. The van der Waals surface area contributed by atoms with E-state index in [4.69, 9.17) is 28.9 Å². The first-order valence-electron chi connectivity index (χ1n) is 5.46. The van der Waals surface area contributed by atoms with E-state index in [0.29, 0.717) is 28.2 Å². The second-order valence-corrected chi connectivity index (χ2v) is 4.93. The van der Waals surface area contributed by atoms with Crippen LogP contribution in [0.4, 0.5) is 5.82 Å². The van der Waals surface area contributed by atoms with Gasteiger partial charge in [0.25, 0.3) is 5.82 Å². The molecule has 2 N–H and O–H groups in total. The highest BCUT2D eigenvalue weighted by Crippen LogP contribution is 2.29. The lowest BCUT2D eigenvalue weighted by atomic mass is 10.1. The van der Waals surface area contributed by atoms with E-state index in [1.54, 1.807) is 12.3 Å². The molecule has 1 aliphatic rings. The van der Waals surface area contributed by atoms with E-state index >= 15 is 0 Å². The number of rotatable bonds is 1. The predicted octanol–water partition coefficient (Wildman–Crippen LogP) is 2.95. The van der Waals surface area contributed by atoms with Gasteiger partial charge in [0.05, 0.1) is 17.1 Å². The molecule has 0 atom stereocenters. The predicted molar refractivity (Wildman–Crippen MR) is 72.6 cm³/mol. The molecule has 2 aromatic rings. The number of benzene rings is 1. The van der Waals surface area contributed by atoms with Crippen molar-refractivity contribution < 1.29 is 4.58 Å². The van der Waals surface area contributed by atoms with Crippen LogP contribution < -0.4 is 5.73 Å². The molecule has 1 aromatic carbocycles. The third kappa shape index (κ3) is 1.76. The van der Waals surface area contributed by atoms with Crippen LogP contribution >= 0.6 is 23.2 Å². The van der Waals surface area contributed by atoms with E-state index in [1.165, 1.54) is 5.56 Å². The van der Waals surface area contributed by atoms with E-state index in [-0.39, 0.29) is 0 Å². The van der Waals surface area contributed by atoms with Crippen LogP contribution in [-0.2, 0) is 6.54 Å². The molecule has 18 heavy (non-hydrogen) atoms. The lowest BCUT2D eigenvalue weighted by Crippen LogP contribution is -2.20. The summed E-state index contributed by atoms with van der Waals surface area (Å²) in [4.78, 5) is 4.25. The Morgan fingerprint density at radius 2 is 2.00 bits per heavy atom. The summed E-state index contributed by atoms with van der Waals surface area (Å²) in [7, 11) is 0. The minimum absolute atomic E-state index is 0.498. The summed E-state index contributed by atoms with van der Waals surface area (Å²) < 4.78 is 1.89.